The van der Waals surface area contributed by atoms with E-state index < -0.39 is 39.2 Å². The quantitative estimate of drug-likeness (QED) is 0.390. The van der Waals surface area contributed by atoms with Gasteiger partial charge in [0.2, 0.25) is 13.7 Å². The van der Waals surface area contributed by atoms with E-state index in [0.29, 0.717) is 6.61 Å². The van der Waals surface area contributed by atoms with E-state index in [4.69, 9.17) is 21.8 Å². The van der Waals surface area contributed by atoms with Crippen molar-refractivity contribution in [1.82, 2.24) is 0 Å². The highest BCUT2D eigenvalue weighted by Gasteiger charge is 2.68. The van der Waals surface area contributed by atoms with E-state index in [0.717, 1.165) is 6.42 Å². The molecule has 2 atom stereocenters. The molecule has 144 valence electrons. The Morgan fingerprint density at radius 3 is 1.67 bits per heavy atom. The van der Waals surface area contributed by atoms with Gasteiger partial charge in [-0.25, -0.2) is 0 Å². The SMILES string of the molecule is CCCOC1([Si](C)(C)O[Si](C)(C)O[Si](C)(C)O[Si](C)(C)C)OC1C. The van der Waals surface area contributed by atoms with Crippen LogP contribution >= 0.6 is 0 Å². The van der Waals surface area contributed by atoms with Crippen molar-refractivity contribution in [2.75, 3.05) is 6.61 Å². The minimum Gasteiger partial charge on any atom is -0.437 e. The molecule has 0 radical (unpaired) electrons. The van der Waals surface area contributed by atoms with E-state index in [2.05, 4.69) is 72.8 Å². The molecule has 0 saturated carbocycles. The van der Waals surface area contributed by atoms with E-state index in [1.807, 2.05) is 0 Å². The summed E-state index contributed by atoms with van der Waals surface area (Å²) in [6.07, 6.45) is 1.07. The lowest BCUT2D eigenvalue weighted by molar-refractivity contribution is -0.000585. The highest BCUT2D eigenvalue weighted by molar-refractivity contribution is 6.90. The average Bonchev–Trinajstić information content (AvgIpc) is 2.92. The van der Waals surface area contributed by atoms with Gasteiger partial charge < -0.3 is 21.8 Å². The van der Waals surface area contributed by atoms with Crippen LogP contribution in [0.4, 0.5) is 0 Å². The Morgan fingerprint density at radius 2 is 1.29 bits per heavy atom. The summed E-state index contributed by atoms with van der Waals surface area (Å²) < 4.78 is 31.5. The first kappa shape index (κ1) is 22.7. The van der Waals surface area contributed by atoms with E-state index in [-0.39, 0.29) is 6.10 Å². The maximum absolute atomic E-state index is 6.65. The fourth-order valence-corrected chi connectivity index (χ4v) is 22.6. The van der Waals surface area contributed by atoms with Crippen LogP contribution in [0.25, 0.3) is 0 Å². The lowest BCUT2D eigenvalue weighted by atomic mass is 10.5. The van der Waals surface area contributed by atoms with Gasteiger partial charge in [0.25, 0.3) is 0 Å². The lowest BCUT2D eigenvalue weighted by Gasteiger charge is -2.41. The molecule has 2 unspecified atom stereocenters. The van der Waals surface area contributed by atoms with Crippen molar-refractivity contribution >= 4 is 33.8 Å². The van der Waals surface area contributed by atoms with Crippen molar-refractivity contribution in [2.45, 2.75) is 90.7 Å². The molecule has 1 aliphatic heterocycles. The first-order valence-electron chi connectivity index (χ1n) is 8.98. The summed E-state index contributed by atoms with van der Waals surface area (Å²) >= 11 is 0. The topological polar surface area (TPSA) is 49.5 Å². The molecule has 1 saturated heterocycles. The van der Waals surface area contributed by atoms with Gasteiger partial charge in [-0.3, -0.25) is 0 Å². The van der Waals surface area contributed by atoms with Gasteiger partial charge in [-0.2, -0.15) is 0 Å². The number of hydrogen-bond donors (Lipinski definition) is 0. The van der Waals surface area contributed by atoms with Crippen molar-refractivity contribution in [3.8, 4) is 0 Å². The van der Waals surface area contributed by atoms with Crippen molar-refractivity contribution in [1.29, 1.82) is 0 Å². The molecule has 0 aromatic rings. The van der Waals surface area contributed by atoms with Crippen LogP contribution in [0.15, 0.2) is 0 Å². The largest absolute Gasteiger partial charge is 0.437 e. The van der Waals surface area contributed by atoms with Crippen LogP contribution in [0.2, 0.25) is 58.9 Å². The predicted octanol–water partition coefficient (Wildman–Crippen LogP) is 4.56. The van der Waals surface area contributed by atoms with Crippen molar-refractivity contribution < 1.29 is 21.8 Å². The predicted molar refractivity (Wildman–Crippen MR) is 109 cm³/mol. The van der Waals surface area contributed by atoms with E-state index >= 15 is 0 Å². The highest BCUT2D eigenvalue weighted by atomic mass is 28.5. The Hall–Kier alpha value is 0.668. The lowest BCUT2D eigenvalue weighted by Crippen LogP contribution is -2.61. The molecule has 0 bridgehead atoms. The summed E-state index contributed by atoms with van der Waals surface area (Å²) in [6, 6.07) is 0. The summed E-state index contributed by atoms with van der Waals surface area (Å²) in [5, 5.41) is 0. The van der Waals surface area contributed by atoms with Crippen LogP contribution in [-0.4, -0.2) is 51.9 Å². The molecule has 5 nitrogen and oxygen atoms in total. The standard InChI is InChI=1S/C15H38O5Si4/c1-12-13-16-15(14(2)17-15)22(6,7)19-24(10,11)20-23(8,9)18-21(3,4)5/h14H,12-13H2,1-11H3. The molecule has 1 rings (SSSR count). The van der Waals surface area contributed by atoms with Gasteiger partial charge in [-0.15, -0.1) is 0 Å². The van der Waals surface area contributed by atoms with Gasteiger partial charge in [0.05, 0.1) is 0 Å². The van der Waals surface area contributed by atoms with Crippen LogP contribution in [0.5, 0.6) is 0 Å². The second-order valence-corrected chi connectivity index (χ2v) is 25.0. The molecule has 1 aliphatic rings. The van der Waals surface area contributed by atoms with Crippen LogP contribution in [-0.2, 0) is 21.8 Å². The summed E-state index contributed by atoms with van der Waals surface area (Å²) in [6.45, 7) is 24.3. The fourth-order valence-electron chi connectivity index (χ4n) is 3.50. The van der Waals surface area contributed by atoms with Gasteiger partial charge >= 0.3 is 17.1 Å². The number of hydrogen-bond acceptors (Lipinski definition) is 5. The monoisotopic (exact) mass is 410 g/mol. The highest BCUT2D eigenvalue weighted by Crippen LogP contribution is 2.47. The maximum Gasteiger partial charge on any atom is 0.312 e. The van der Waals surface area contributed by atoms with Gasteiger partial charge in [0.1, 0.15) is 6.10 Å². The molecule has 9 heteroatoms. The van der Waals surface area contributed by atoms with Crippen molar-refractivity contribution in [2.24, 2.45) is 0 Å². The Balaban J connectivity index is 2.81. The first-order valence-corrected chi connectivity index (χ1v) is 20.9. The second kappa shape index (κ2) is 7.35. The van der Waals surface area contributed by atoms with Crippen LogP contribution in [0.1, 0.15) is 20.3 Å². The Labute approximate surface area is 153 Å². The van der Waals surface area contributed by atoms with Gasteiger partial charge in [-0.05, 0) is 72.3 Å². The minimum atomic E-state index is -2.35. The van der Waals surface area contributed by atoms with Crippen molar-refractivity contribution in [3.63, 3.8) is 0 Å². The van der Waals surface area contributed by atoms with E-state index in [9.17, 15) is 0 Å². The van der Waals surface area contributed by atoms with Crippen molar-refractivity contribution in [3.05, 3.63) is 0 Å². The molecular weight excluding hydrogens is 373 g/mol. The summed E-state index contributed by atoms with van der Waals surface area (Å²) in [5.74, 6) is 0. The molecule has 1 heterocycles. The summed E-state index contributed by atoms with van der Waals surface area (Å²) in [7, 11) is -8.45. The van der Waals surface area contributed by atoms with Crippen LogP contribution < -0.4 is 0 Å². The molecule has 0 aromatic heterocycles. The minimum absolute atomic E-state index is 0.0963. The number of ether oxygens (including phenoxy) is 2. The Bertz CT molecular complexity index is 436. The maximum atomic E-state index is 6.65. The average molecular weight is 411 g/mol. The number of epoxide rings is 1. The normalized spacial score (nSPS) is 25.9. The molecule has 0 N–H and O–H groups in total. The number of rotatable bonds is 10. The summed E-state index contributed by atoms with van der Waals surface area (Å²) in [4.78, 5) is 0. The smallest absolute Gasteiger partial charge is 0.312 e. The van der Waals surface area contributed by atoms with E-state index in [1.165, 1.54) is 0 Å². The Kier molecular flexibility index (Phi) is 6.96. The second-order valence-electron chi connectivity index (χ2n) is 9.00. The first-order chi connectivity index (χ1) is 10.6. The Morgan fingerprint density at radius 1 is 0.833 bits per heavy atom. The zero-order valence-electron chi connectivity index (χ0n) is 17.5. The van der Waals surface area contributed by atoms with E-state index in [1.54, 1.807) is 0 Å². The molecule has 24 heavy (non-hydrogen) atoms. The van der Waals surface area contributed by atoms with Crippen LogP contribution in [0, 0.1) is 0 Å². The molecule has 0 aromatic carbocycles. The van der Waals surface area contributed by atoms with Gasteiger partial charge in [0.15, 0.2) is 8.32 Å². The molecule has 0 spiro atoms. The molecular formula is C15H38O5Si4. The third-order valence-corrected chi connectivity index (χ3v) is 18.4. The zero-order chi connectivity index (χ0) is 19.0. The van der Waals surface area contributed by atoms with Crippen LogP contribution in [0.3, 0.4) is 0 Å². The van der Waals surface area contributed by atoms with Gasteiger partial charge in [0, 0.05) is 6.61 Å². The summed E-state index contributed by atoms with van der Waals surface area (Å²) in [5.41, 5.74) is -0.526. The molecule has 0 aliphatic carbocycles. The molecule has 0 amide bonds. The van der Waals surface area contributed by atoms with Gasteiger partial charge in [-0.1, -0.05) is 6.92 Å². The third-order valence-electron chi connectivity index (χ3n) is 3.73. The third kappa shape index (κ3) is 6.13. The fraction of sp³-hybridized carbons (Fsp3) is 1.00. The molecule has 1 fully saturated rings. The zero-order valence-corrected chi connectivity index (χ0v) is 21.5.